The van der Waals surface area contributed by atoms with E-state index in [0.29, 0.717) is 17.1 Å². The third-order valence-corrected chi connectivity index (χ3v) is 4.85. The third-order valence-electron chi connectivity index (χ3n) is 2.07. The van der Waals surface area contributed by atoms with E-state index in [1.165, 1.54) is 6.07 Å². The molecular formula is C10H12N4O2S2. The van der Waals surface area contributed by atoms with Crippen LogP contribution in [0, 0.1) is 13.8 Å². The molecule has 0 saturated heterocycles. The highest BCUT2D eigenvalue weighted by Crippen LogP contribution is 2.23. The van der Waals surface area contributed by atoms with E-state index in [-0.39, 0.29) is 10.2 Å². The molecule has 0 saturated carbocycles. The molecule has 0 fully saturated rings. The van der Waals surface area contributed by atoms with Crippen LogP contribution in [-0.4, -0.2) is 18.4 Å². The first-order valence-corrected chi connectivity index (χ1v) is 7.42. The minimum Gasteiger partial charge on any atom is -0.398 e. The maximum Gasteiger partial charge on any atom is 0.273 e. The van der Waals surface area contributed by atoms with Crippen molar-refractivity contribution in [3.8, 4) is 0 Å². The SMILES string of the molecule is Cc1cc(C)nc(NS(=O)(=O)c2cc(N)cs2)n1. The monoisotopic (exact) mass is 284 g/mol. The smallest absolute Gasteiger partial charge is 0.273 e. The summed E-state index contributed by atoms with van der Waals surface area (Å²) in [6.45, 7) is 3.55. The Bertz CT molecular complexity index is 659. The second kappa shape index (κ2) is 4.54. The number of aryl methyl sites for hydroxylation is 2. The number of nitrogens with zero attached hydrogens (tertiary/aromatic N) is 2. The van der Waals surface area contributed by atoms with Gasteiger partial charge >= 0.3 is 0 Å². The van der Waals surface area contributed by atoms with Crippen LogP contribution in [0.2, 0.25) is 0 Å². The van der Waals surface area contributed by atoms with Gasteiger partial charge in [0.25, 0.3) is 10.0 Å². The van der Waals surface area contributed by atoms with Gasteiger partial charge in [0.15, 0.2) is 0 Å². The van der Waals surface area contributed by atoms with Crippen LogP contribution in [-0.2, 0) is 10.0 Å². The predicted molar refractivity (Wildman–Crippen MR) is 71.0 cm³/mol. The Morgan fingerprint density at radius 1 is 1.22 bits per heavy atom. The van der Waals surface area contributed by atoms with Gasteiger partial charge in [-0.05, 0) is 26.0 Å². The van der Waals surface area contributed by atoms with Crippen LogP contribution < -0.4 is 10.5 Å². The Morgan fingerprint density at radius 3 is 2.33 bits per heavy atom. The molecule has 0 unspecified atom stereocenters. The number of sulfonamides is 1. The molecule has 6 nitrogen and oxygen atoms in total. The number of nitrogen functional groups attached to an aromatic ring is 1. The second-order valence-corrected chi connectivity index (χ2v) is 6.60. The van der Waals surface area contributed by atoms with Gasteiger partial charge in [-0.1, -0.05) is 0 Å². The van der Waals surface area contributed by atoms with E-state index in [2.05, 4.69) is 14.7 Å². The van der Waals surface area contributed by atoms with Gasteiger partial charge in [0.2, 0.25) is 5.95 Å². The van der Waals surface area contributed by atoms with Crippen molar-refractivity contribution in [1.82, 2.24) is 9.97 Å². The zero-order valence-electron chi connectivity index (χ0n) is 9.84. The van der Waals surface area contributed by atoms with Crippen LogP contribution in [0.1, 0.15) is 11.4 Å². The molecule has 0 spiro atoms. The van der Waals surface area contributed by atoms with Crippen molar-refractivity contribution in [2.75, 3.05) is 10.5 Å². The third kappa shape index (κ3) is 2.77. The minimum atomic E-state index is -3.66. The summed E-state index contributed by atoms with van der Waals surface area (Å²) in [5.74, 6) is 0.0690. The van der Waals surface area contributed by atoms with E-state index in [0.717, 1.165) is 11.3 Å². The van der Waals surface area contributed by atoms with Crippen LogP contribution in [0.5, 0.6) is 0 Å². The Hall–Kier alpha value is -1.67. The van der Waals surface area contributed by atoms with Gasteiger partial charge in [-0.25, -0.2) is 23.1 Å². The largest absolute Gasteiger partial charge is 0.398 e. The number of aromatic nitrogens is 2. The number of nitrogens with one attached hydrogen (secondary N) is 1. The maximum absolute atomic E-state index is 12.0. The fraction of sp³-hybridized carbons (Fsp3) is 0.200. The fourth-order valence-electron chi connectivity index (χ4n) is 1.41. The van der Waals surface area contributed by atoms with Crippen molar-refractivity contribution in [2.45, 2.75) is 18.1 Å². The highest BCUT2D eigenvalue weighted by Gasteiger charge is 2.18. The highest BCUT2D eigenvalue weighted by molar-refractivity contribution is 7.94. The van der Waals surface area contributed by atoms with Gasteiger partial charge < -0.3 is 5.73 Å². The van der Waals surface area contributed by atoms with Crippen molar-refractivity contribution < 1.29 is 8.42 Å². The fourth-order valence-corrected chi connectivity index (χ4v) is 3.44. The van der Waals surface area contributed by atoms with E-state index in [1.807, 2.05) is 0 Å². The molecule has 0 aliphatic rings. The summed E-state index contributed by atoms with van der Waals surface area (Å²) in [5, 5.41) is 1.57. The van der Waals surface area contributed by atoms with Crippen molar-refractivity contribution in [1.29, 1.82) is 0 Å². The molecular weight excluding hydrogens is 272 g/mol. The average molecular weight is 284 g/mol. The van der Waals surface area contributed by atoms with E-state index in [1.54, 1.807) is 25.3 Å². The molecule has 0 radical (unpaired) electrons. The molecule has 8 heteroatoms. The first kappa shape index (κ1) is 12.8. The first-order valence-electron chi connectivity index (χ1n) is 5.06. The quantitative estimate of drug-likeness (QED) is 0.890. The second-order valence-electron chi connectivity index (χ2n) is 3.78. The summed E-state index contributed by atoms with van der Waals surface area (Å²) >= 11 is 1.05. The van der Waals surface area contributed by atoms with Gasteiger partial charge in [0.05, 0.1) is 0 Å². The number of hydrogen-bond donors (Lipinski definition) is 2. The Morgan fingerprint density at radius 2 is 1.83 bits per heavy atom. The standard InChI is InChI=1S/C10H12N4O2S2/c1-6-3-7(2)13-10(12-6)14-18(15,16)9-4-8(11)5-17-9/h3-5H,11H2,1-2H3,(H,12,13,14). The highest BCUT2D eigenvalue weighted by atomic mass is 32.2. The van der Waals surface area contributed by atoms with Crippen molar-refractivity contribution in [3.05, 3.63) is 28.9 Å². The van der Waals surface area contributed by atoms with E-state index < -0.39 is 10.0 Å². The molecule has 0 amide bonds. The summed E-state index contributed by atoms with van der Waals surface area (Å²) in [6, 6.07) is 3.16. The number of hydrogen-bond acceptors (Lipinski definition) is 6. The van der Waals surface area contributed by atoms with Crippen LogP contribution in [0.4, 0.5) is 11.6 Å². The number of rotatable bonds is 3. The van der Waals surface area contributed by atoms with Crippen LogP contribution in [0.25, 0.3) is 0 Å². The van der Waals surface area contributed by atoms with Gasteiger partial charge in [0.1, 0.15) is 4.21 Å². The Balaban J connectivity index is 2.33. The maximum atomic E-state index is 12.0. The summed E-state index contributed by atoms with van der Waals surface area (Å²) in [6.07, 6.45) is 0. The Kier molecular flexibility index (Phi) is 3.22. The topological polar surface area (TPSA) is 98.0 Å². The molecule has 2 rings (SSSR count). The lowest BCUT2D eigenvalue weighted by molar-refractivity contribution is 0.602. The minimum absolute atomic E-state index is 0.0690. The predicted octanol–water partition coefficient (Wildman–Crippen LogP) is 1.54. The molecule has 0 atom stereocenters. The van der Waals surface area contributed by atoms with Gasteiger partial charge in [0, 0.05) is 22.5 Å². The molecule has 0 aromatic carbocycles. The normalized spacial score (nSPS) is 11.4. The van der Waals surface area contributed by atoms with Crippen LogP contribution in [0.15, 0.2) is 21.7 Å². The van der Waals surface area contributed by atoms with E-state index >= 15 is 0 Å². The molecule has 2 heterocycles. The zero-order valence-corrected chi connectivity index (χ0v) is 11.5. The number of nitrogens with two attached hydrogens (primary N) is 1. The lowest BCUT2D eigenvalue weighted by Crippen LogP contribution is -2.14. The summed E-state index contributed by atoms with van der Waals surface area (Å²) in [7, 11) is -3.66. The van der Waals surface area contributed by atoms with Crippen LogP contribution in [0.3, 0.4) is 0 Å². The van der Waals surface area contributed by atoms with Crippen molar-refractivity contribution in [3.63, 3.8) is 0 Å². The lowest BCUT2D eigenvalue weighted by Gasteiger charge is -2.05. The summed E-state index contributed by atoms with van der Waals surface area (Å²) in [4.78, 5) is 8.05. The molecule has 18 heavy (non-hydrogen) atoms. The van der Waals surface area contributed by atoms with Crippen LogP contribution >= 0.6 is 11.3 Å². The molecule has 0 bridgehead atoms. The van der Waals surface area contributed by atoms with Gasteiger partial charge in [-0.3, -0.25) is 0 Å². The molecule has 3 N–H and O–H groups in total. The average Bonchev–Trinajstić information content (AvgIpc) is 2.62. The van der Waals surface area contributed by atoms with Gasteiger partial charge in [-0.15, -0.1) is 11.3 Å². The van der Waals surface area contributed by atoms with Gasteiger partial charge in [-0.2, -0.15) is 0 Å². The summed E-state index contributed by atoms with van der Waals surface area (Å²) < 4.78 is 26.5. The zero-order chi connectivity index (χ0) is 13.3. The van der Waals surface area contributed by atoms with E-state index in [9.17, 15) is 8.42 Å². The Labute approximate surface area is 109 Å². The van der Waals surface area contributed by atoms with E-state index in [4.69, 9.17) is 5.73 Å². The molecule has 2 aromatic heterocycles. The van der Waals surface area contributed by atoms with Crippen molar-refractivity contribution in [2.24, 2.45) is 0 Å². The number of anilines is 2. The molecule has 96 valence electrons. The molecule has 0 aliphatic heterocycles. The first-order chi connectivity index (χ1) is 8.37. The molecule has 0 aliphatic carbocycles. The number of thiophene rings is 1. The lowest BCUT2D eigenvalue weighted by atomic mass is 10.4. The van der Waals surface area contributed by atoms with Crippen molar-refractivity contribution >= 4 is 33.0 Å². The summed E-state index contributed by atoms with van der Waals surface area (Å²) in [5.41, 5.74) is 7.32. The molecule has 2 aromatic rings.